The molecule has 0 heterocycles. The Labute approximate surface area is 174 Å². The summed E-state index contributed by atoms with van der Waals surface area (Å²) in [5.41, 5.74) is 0.536. The molecule has 0 radical (unpaired) electrons. The predicted molar refractivity (Wildman–Crippen MR) is 111 cm³/mol. The van der Waals surface area contributed by atoms with Crippen LogP contribution in [0.25, 0.3) is 0 Å². The first kappa shape index (κ1) is 22.9. The number of ether oxygens (including phenoxy) is 3. The topological polar surface area (TPSA) is 105 Å². The average molecular weight is 415 g/mol. The summed E-state index contributed by atoms with van der Waals surface area (Å²) in [5.74, 6) is -1.18. The monoisotopic (exact) mass is 415 g/mol. The van der Waals surface area contributed by atoms with Gasteiger partial charge in [-0.05, 0) is 17.9 Å². The second-order valence-electron chi connectivity index (χ2n) is 7.72. The number of hydrogen-bond acceptors (Lipinski definition) is 7. The molecule has 0 fully saturated rings. The molecule has 0 spiro atoms. The fourth-order valence-electron chi connectivity index (χ4n) is 2.83. The summed E-state index contributed by atoms with van der Waals surface area (Å²) in [5, 5.41) is 11.4. The second kappa shape index (κ2) is 8.94. The summed E-state index contributed by atoms with van der Waals surface area (Å²) < 4.78 is 15.4. The predicted octanol–water partition coefficient (Wildman–Crippen LogP) is 4.34. The minimum atomic E-state index is -1.13. The fraction of sp³-hybridized carbons (Fsp3) is 0.364. The molecule has 0 aromatic heterocycles. The van der Waals surface area contributed by atoms with Crippen LogP contribution >= 0.6 is 0 Å². The van der Waals surface area contributed by atoms with Crippen LogP contribution in [0.15, 0.2) is 36.4 Å². The summed E-state index contributed by atoms with van der Waals surface area (Å²) in [6.45, 7) is 7.60. The summed E-state index contributed by atoms with van der Waals surface area (Å²) in [6.07, 6.45) is -1.13. The Kier molecular flexibility index (Phi) is 6.81. The van der Waals surface area contributed by atoms with Gasteiger partial charge in [0.15, 0.2) is 17.6 Å². The van der Waals surface area contributed by atoms with Crippen molar-refractivity contribution in [3.8, 4) is 11.5 Å². The first-order valence-corrected chi connectivity index (χ1v) is 9.25. The number of carbonyl (C=O) groups excluding carboxylic acids is 2. The number of benzene rings is 2. The molecule has 0 unspecified atom stereocenters. The molecule has 2 aromatic rings. The zero-order valence-electron chi connectivity index (χ0n) is 17.8. The van der Waals surface area contributed by atoms with E-state index in [2.05, 4.69) is 20.8 Å². The van der Waals surface area contributed by atoms with Crippen molar-refractivity contribution in [2.45, 2.75) is 39.2 Å². The van der Waals surface area contributed by atoms with Gasteiger partial charge in [0.1, 0.15) is 5.56 Å². The number of rotatable bonds is 7. The highest BCUT2D eigenvalue weighted by atomic mass is 16.6. The normalized spacial score (nSPS) is 12.1. The maximum absolute atomic E-state index is 12.7. The van der Waals surface area contributed by atoms with Crippen molar-refractivity contribution in [1.82, 2.24) is 0 Å². The van der Waals surface area contributed by atoms with Crippen LogP contribution in [-0.2, 0) is 10.2 Å². The van der Waals surface area contributed by atoms with Crippen LogP contribution in [-0.4, -0.2) is 37.0 Å². The van der Waals surface area contributed by atoms with Crippen molar-refractivity contribution >= 4 is 17.4 Å². The number of Topliss-reactive ketones (excluding diaryl/α,β-unsaturated/α-hetero) is 1. The highest BCUT2D eigenvalue weighted by molar-refractivity contribution is 6.02. The van der Waals surface area contributed by atoms with E-state index in [9.17, 15) is 19.7 Å². The molecule has 2 rings (SSSR count). The molecule has 1 atom stereocenters. The Balaban J connectivity index is 2.26. The number of carbonyl (C=O) groups is 2. The zero-order valence-corrected chi connectivity index (χ0v) is 17.8. The Bertz CT molecular complexity index is 959. The van der Waals surface area contributed by atoms with Crippen LogP contribution in [0, 0.1) is 10.1 Å². The van der Waals surface area contributed by atoms with E-state index in [0.717, 1.165) is 17.7 Å². The van der Waals surface area contributed by atoms with Crippen LogP contribution < -0.4 is 9.47 Å². The minimum Gasteiger partial charge on any atom is -0.493 e. The smallest absolute Gasteiger partial charge is 0.346 e. The van der Waals surface area contributed by atoms with Gasteiger partial charge in [0.25, 0.3) is 5.69 Å². The lowest BCUT2D eigenvalue weighted by Gasteiger charge is -2.19. The Morgan fingerprint density at radius 1 is 1.00 bits per heavy atom. The summed E-state index contributed by atoms with van der Waals surface area (Å²) >= 11 is 0. The number of methoxy groups -OCH3 is 2. The van der Waals surface area contributed by atoms with E-state index in [0.29, 0.717) is 5.56 Å². The van der Waals surface area contributed by atoms with Crippen LogP contribution in [0.4, 0.5) is 5.69 Å². The third-order valence-corrected chi connectivity index (χ3v) is 4.61. The van der Waals surface area contributed by atoms with E-state index >= 15 is 0 Å². The standard InChI is InChI=1S/C22H25NO7/c1-13(20(24)14-7-9-15(10-8-14)22(2,3)4)30-21(25)16-11-18(28-5)19(29-6)12-17(16)23(26)27/h7-13H,1-6H3/t13-/m0/s1. The first-order valence-electron chi connectivity index (χ1n) is 9.25. The van der Waals surface area contributed by atoms with Gasteiger partial charge in [0.2, 0.25) is 5.78 Å². The lowest BCUT2D eigenvalue weighted by atomic mass is 9.86. The van der Waals surface area contributed by atoms with Crippen LogP contribution in [0.1, 0.15) is 54.0 Å². The van der Waals surface area contributed by atoms with Gasteiger partial charge in [-0.1, -0.05) is 45.0 Å². The van der Waals surface area contributed by atoms with Crippen molar-refractivity contribution in [2.24, 2.45) is 0 Å². The Morgan fingerprint density at radius 3 is 2.00 bits per heavy atom. The molecular formula is C22H25NO7. The Hall–Kier alpha value is -3.42. The molecule has 30 heavy (non-hydrogen) atoms. The SMILES string of the molecule is COc1cc(C(=O)O[C@@H](C)C(=O)c2ccc(C(C)(C)C)cc2)c([N+](=O)[O-])cc1OC. The van der Waals surface area contributed by atoms with Crippen LogP contribution in [0.2, 0.25) is 0 Å². The highest BCUT2D eigenvalue weighted by Crippen LogP contribution is 2.35. The van der Waals surface area contributed by atoms with Crippen LogP contribution in [0.5, 0.6) is 11.5 Å². The largest absolute Gasteiger partial charge is 0.493 e. The van der Waals surface area contributed by atoms with Gasteiger partial charge in [0, 0.05) is 11.6 Å². The first-order chi connectivity index (χ1) is 14.0. The van der Waals surface area contributed by atoms with E-state index < -0.39 is 28.5 Å². The lowest BCUT2D eigenvalue weighted by Crippen LogP contribution is -2.25. The van der Waals surface area contributed by atoms with Crippen molar-refractivity contribution in [2.75, 3.05) is 14.2 Å². The maximum Gasteiger partial charge on any atom is 0.346 e. The summed E-state index contributed by atoms with van der Waals surface area (Å²) in [7, 11) is 2.66. The number of esters is 1. The van der Waals surface area contributed by atoms with E-state index in [1.807, 2.05) is 12.1 Å². The lowest BCUT2D eigenvalue weighted by molar-refractivity contribution is -0.385. The molecule has 0 saturated carbocycles. The molecule has 0 saturated heterocycles. The third-order valence-electron chi connectivity index (χ3n) is 4.61. The van der Waals surface area contributed by atoms with Gasteiger partial charge in [-0.25, -0.2) is 4.79 Å². The molecule has 0 aliphatic rings. The molecule has 2 aromatic carbocycles. The summed E-state index contributed by atoms with van der Waals surface area (Å²) in [4.78, 5) is 35.9. The quantitative estimate of drug-likeness (QED) is 0.287. The summed E-state index contributed by atoms with van der Waals surface area (Å²) in [6, 6.07) is 9.28. The van der Waals surface area contributed by atoms with Gasteiger partial charge in [-0.15, -0.1) is 0 Å². The number of nitrogens with zero attached hydrogens (tertiary/aromatic N) is 1. The third kappa shape index (κ3) is 4.94. The number of hydrogen-bond donors (Lipinski definition) is 0. The number of nitro benzene ring substituents is 1. The number of nitro groups is 1. The second-order valence-corrected chi connectivity index (χ2v) is 7.72. The van der Waals surface area contributed by atoms with Crippen molar-refractivity contribution < 1.29 is 28.7 Å². The van der Waals surface area contributed by atoms with E-state index in [-0.39, 0.29) is 22.5 Å². The molecule has 8 heteroatoms. The molecule has 0 aliphatic carbocycles. The molecular weight excluding hydrogens is 390 g/mol. The number of ketones is 1. The van der Waals surface area contributed by atoms with E-state index in [4.69, 9.17) is 14.2 Å². The molecule has 0 amide bonds. The van der Waals surface area contributed by atoms with Crippen LogP contribution in [0.3, 0.4) is 0 Å². The van der Waals surface area contributed by atoms with E-state index in [1.165, 1.54) is 21.1 Å². The van der Waals surface area contributed by atoms with Gasteiger partial charge >= 0.3 is 5.97 Å². The average Bonchev–Trinajstić information content (AvgIpc) is 2.71. The van der Waals surface area contributed by atoms with Crippen molar-refractivity contribution in [3.05, 3.63) is 63.2 Å². The molecule has 8 nitrogen and oxygen atoms in total. The molecule has 0 aliphatic heterocycles. The van der Waals surface area contributed by atoms with Crippen molar-refractivity contribution in [3.63, 3.8) is 0 Å². The van der Waals surface area contributed by atoms with Gasteiger partial charge < -0.3 is 14.2 Å². The highest BCUT2D eigenvalue weighted by Gasteiger charge is 2.28. The van der Waals surface area contributed by atoms with Crippen molar-refractivity contribution in [1.29, 1.82) is 0 Å². The fourth-order valence-corrected chi connectivity index (χ4v) is 2.83. The van der Waals surface area contributed by atoms with Gasteiger partial charge in [0.05, 0.1) is 25.2 Å². The maximum atomic E-state index is 12.7. The zero-order chi connectivity index (χ0) is 22.6. The molecule has 0 N–H and O–H groups in total. The van der Waals surface area contributed by atoms with Gasteiger partial charge in [-0.2, -0.15) is 0 Å². The molecule has 160 valence electrons. The van der Waals surface area contributed by atoms with Gasteiger partial charge in [-0.3, -0.25) is 14.9 Å². The minimum absolute atomic E-state index is 0.0635. The van der Waals surface area contributed by atoms with E-state index in [1.54, 1.807) is 12.1 Å². The molecule has 0 bridgehead atoms. The Morgan fingerprint density at radius 2 is 1.53 bits per heavy atom.